The SMILES string of the molecule is CCC(C)NC(=O)C(CC)N(Cc1ccccc1C)C(=O)CCc1ccc(C)cc1. The summed E-state index contributed by atoms with van der Waals surface area (Å²) >= 11 is 0. The lowest BCUT2D eigenvalue weighted by Crippen LogP contribution is -2.50. The van der Waals surface area contributed by atoms with E-state index in [2.05, 4.69) is 36.5 Å². The van der Waals surface area contributed by atoms with E-state index < -0.39 is 6.04 Å². The van der Waals surface area contributed by atoms with E-state index in [-0.39, 0.29) is 17.9 Å². The Hall–Kier alpha value is -2.62. The molecule has 0 bridgehead atoms. The number of aryl methyl sites for hydroxylation is 3. The van der Waals surface area contributed by atoms with Crippen LogP contribution in [0.5, 0.6) is 0 Å². The van der Waals surface area contributed by atoms with Gasteiger partial charge in [-0.15, -0.1) is 0 Å². The molecule has 0 aliphatic heterocycles. The lowest BCUT2D eigenvalue weighted by atomic mass is 10.0. The van der Waals surface area contributed by atoms with Crippen molar-refractivity contribution in [1.82, 2.24) is 10.2 Å². The Morgan fingerprint density at radius 1 is 0.967 bits per heavy atom. The monoisotopic (exact) mass is 408 g/mol. The molecule has 4 heteroatoms. The molecule has 2 aromatic carbocycles. The summed E-state index contributed by atoms with van der Waals surface area (Å²) in [7, 11) is 0. The van der Waals surface area contributed by atoms with Crippen molar-refractivity contribution in [2.24, 2.45) is 0 Å². The van der Waals surface area contributed by atoms with Crippen molar-refractivity contribution in [3.05, 3.63) is 70.8 Å². The average Bonchev–Trinajstić information content (AvgIpc) is 2.74. The molecule has 0 radical (unpaired) electrons. The quantitative estimate of drug-likeness (QED) is 0.604. The van der Waals surface area contributed by atoms with Gasteiger partial charge in [-0.3, -0.25) is 9.59 Å². The summed E-state index contributed by atoms with van der Waals surface area (Å²) in [5, 5.41) is 3.06. The minimum Gasteiger partial charge on any atom is -0.352 e. The Balaban J connectivity index is 2.21. The van der Waals surface area contributed by atoms with Crippen molar-refractivity contribution in [3.63, 3.8) is 0 Å². The smallest absolute Gasteiger partial charge is 0.243 e. The molecule has 0 aliphatic rings. The summed E-state index contributed by atoms with van der Waals surface area (Å²) in [6.07, 6.45) is 2.51. The summed E-state index contributed by atoms with van der Waals surface area (Å²) in [5.41, 5.74) is 4.56. The molecule has 4 nitrogen and oxygen atoms in total. The average molecular weight is 409 g/mol. The first kappa shape index (κ1) is 23.7. The molecule has 0 fully saturated rings. The Kier molecular flexibility index (Phi) is 9.10. The summed E-state index contributed by atoms with van der Waals surface area (Å²) in [6, 6.07) is 16.0. The van der Waals surface area contributed by atoms with E-state index in [9.17, 15) is 9.59 Å². The molecule has 0 spiro atoms. The van der Waals surface area contributed by atoms with Crippen LogP contribution < -0.4 is 5.32 Å². The van der Waals surface area contributed by atoms with Gasteiger partial charge in [0.1, 0.15) is 6.04 Å². The molecular formula is C26H36N2O2. The molecule has 0 aliphatic carbocycles. The van der Waals surface area contributed by atoms with Gasteiger partial charge >= 0.3 is 0 Å². The Morgan fingerprint density at radius 2 is 1.63 bits per heavy atom. The fraction of sp³-hybridized carbons (Fsp3) is 0.462. The van der Waals surface area contributed by atoms with Crippen LogP contribution in [0.4, 0.5) is 0 Å². The first-order chi connectivity index (χ1) is 14.3. The normalized spacial score (nSPS) is 12.8. The minimum atomic E-state index is -0.468. The van der Waals surface area contributed by atoms with Crippen molar-refractivity contribution in [2.45, 2.75) is 78.9 Å². The summed E-state index contributed by atoms with van der Waals surface area (Å²) in [6.45, 7) is 10.6. The summed E-state index contributed by atoms with van der Waals surface area (Å²) in [5.74, 6) is -0.0471. The van der Waals surface area contributed by atoms with Crippen LogP contribution in [-0.4, -0.2) is 28.8 Å². The van der Waals surface area contributed by atoms with Crippen LogP contribution in [-0.2, 0) is 22.6 Å². The number of carbonyl (C=O) groups excluding carboxylic acids is 2. The summed E-state index contributed by atoms with van der Waals surface area (Å²) in [4.78, 5) is 28.0. The zero-order valence-electron chi connectivity index (χ0n) is 19.1. The number of nitrogens with zero attached hydrogens (tertiary/aromatic N) is 1. The van der Waals surface area contributed by atoms with E-state index in [1.807, 2.05) is 52.0 Å². The van der Waals surface area contributed by atoms with Gasteiger partial charge in [0, 0.05) is 19.0 Å². The van der Waals surface area contributed by atoms with Crippen LogP contribution in [0.2, 0.25) is 0 Å². The summed E-state index contributed by atoms with van der Waals surface area (Å²) < 4.78 is 0. The zero-order chi connectivity index (χ0) is 22.1. The highest BCUT2D eigenvalue weighted by molar-refractivity contribution is 5.88. The maximum Gasteiger partial charge on any atom is 0.243 e. The molecule has 1 N–H and O–H groups in total. The third kappa shape index (κ3) is 6.72. The highest BCUT2D eigenvalue weighted by atomic mass is 16.2. The van der Waals surface area contributed by atoms with E-state index in [1.54, 1.807) is 4.90 Å². The van der Waals surface area contributed by atoms with Crippen LogP contribution in [0.25, 0.3) is 0 Å². The Bertz CT molecular complexity index is 829. The number of hydrogen-bond acceptors (Lipinski definition) is 2. The van der Waals surface area contributed by atoms with Gasteiger partial charge in [0.25, 0.3) is 0 Å². The number of hydrogen-bond donors (Lipinski definition) is 1. The molecule has 0 saturated heterocycles. The van der Waals surface area contributed by atoms with Gasteiger partial charge in [0.2, 0.25) is 11.8 Å². The van der Waals surface area contributed by atoms with E-state index in [4.69, 9.17) is 0 Å². The highest BCUT2D eigenvalue weighted by Crippen LogP contribution is 2.18. The van der Waals surface area contributed by atoms with Gasteiger partial charge in [-0.05, 0) is 56.7 Å². The second-order valence-corrected chi connectivity index (χ2v) is 8.18. The fourth-order valence-electron chi connectivity index (χ4n) is 3.48. The molecule has 2 amide bonds. The largest absolute Gasteiger partial charge is 0.352 e. The number of benzene rings is 2. The molecule has 0 aromatic heterocycles. The fourth-order valence-corrected chi connectivity index (χ4v) is 3.48. The molecule has 2 rings (SSSR count). The molecule has 162 valence electrons. The lowest BCUT2D eigenvalue weighted by molar-refractivity contribution is -0.141. The van der Waals surface area contributed by atoms with E-state index in [0.717, 1.165) is 23.1 Å². The molecule has 2 unspecified atom stereocenters. The third-order valence-electron chi connectivity index (χ3n) is 5.74. The maximum absolute atomic E-state index is 13.3. The van der Waals surface area contributed by atoms with Gasteiger partial charge < -0.3 is 10.2 Å². The molecular weight excluding hydrogens is 372 g/mol. The standard InChI is InChI=1S/C26H36N2O2/c1-6-21(5)27-26(30)24(7-2)28(18-23-11-9-8-10-20(23)4)25(29)17-16-22-14-12-19(3)13-15-22/h8-15,21,24H,6-7,16-18H2,1-5H3,(H,27,30). The Labute approximate surface area is 181 Å². The van der Waals surface area contributed by atoms with Crippen molar-refractivity contribution in [1.29, 1.82) is 0 Å². The molecule has 0 heterocycles. The van der Waals surface area contributed by atoms with E-state index in [0.29, 0.717) is 25.8 Å². The van der Waals surface area contributed by atoms with Gasteiger partial charge in [0.15, 0.2) is 0 Å². The van der Waals surface area contributed by atoms with Crippen LogP contribution >= 0.6 is 0 Å². The van der Waals surface area contributed by atoms with Crippen LogP contribution in [0.15, 0.2) is 48.5 Å². The van der Waals surface area contributed by atoms with Crippen molar-refractivity contribution in [3.8, 4) is 0 Å². The molecule has 2 aromatic rings. The van der Waals surface area contributed by atoms with Crippen LogP contribution in [0.1, 0.15) is 62.3 Å². The van der Waals surface area contributed by atoms with Gasteiger partial charge in [-0.1, -0.05) is 67.9 Å². The van der Waals surface area contributed by atoms with Gasteiger partial charge in [-0.25, -0.2) is 0 Å². The lowest BCUT2D eigenvalue weighted by Gasteiger charge is -2.32. The zero-order valence-corrected chi connectivity index (χ0v) is 19.1. The first-order valence-corrected chi connectivity index (χ1v) is 11.1. The maximum atomic E-state index is 13.3. The molecule has 2 atom stereocenters. The van der Waals surface area contributed by atoms with Gasteiger partial charge in [0.05, 0.1) is 0 Å². The van der Waals surface area contributed by atoms with Gasteiger partial charge in [-0.2, -0.15) is 0 Å². The predicted molar refractivity (Wildman–Crippen MR) is 123 cm³/mol. The van der Waals surface area contributed by atoms with Crippen LogP contribution in [0, 0.1) is 13.8 Å². The molecule has 30 heavy (non-hydrogen) atoms. The third-order valence-corrected chi connectivity index (χ3v) is 5.74. The van der Waals surface area contributed by atoms with Crippen molar-refractivity contribution in [2.75, 3.05) is 0 Å². The van der Waals surface area contributed by atoms with E-state index in [1.165, 1.54) is 5.56 Å². The van der Waals surface area contributed by atoms with Crippen molar-refractivity contribution >= 4 is 11.8 Å². The second-order valence-electron chi connectivity index (χ2n) is 8.18. The Morgan fingerprint density at radius 3 is 2.23 bits per heavy atom. The second kappa shape index (κ2) is 11.5. The topological polar surface area (TPSA) is 49.4 Å². The highest BCUT2D eigenvalue weighted by Gasteiger charge is 2.29. The minimum absolute atomic E-state index is 0.0185. The number of nitrogens with one attached hydrogen (secondary N) is 1. The number of carbonyl (C=O) groups is 2. The van der Waals surface area contributed by atoms with Crippen LogP contribution in [0.3, 0.4) is 0 Å². The van der Waals surface area contributed by atoms with E-state index >= 15 is 0 Å². The van der Waals surface area contributed by atoms with Crippen molar-refractivity contribution < 1.29 is 9.59 Å². The predicted octanol–water partition coefficient (Wildman–Crippen LogP) is 4.96. The number of rotatable bonds is 10. The molecule has 0 saturated carbocycles. The number of amides is 2. The first-order valence-electron chi connectivity index (χ1n) is 11.1.